The lowest BCUT2D eigenvalue weighted by molar-refractivity contribution is -0.104. The summed E-state index contributed by atoms with van der Waals surface area (Å²) in [5.41, 5.74) is 4.07. The van der Waals surface area contributed by atoms with Crippen molar-refractivity contribution in [3.8, 4) is 0 Å². The van der Waals surface area contributed by atoms with Gasteiger partial charge < -0.3 is 0 Å². The van der Waals surface area contributed by atoms with Gasteiger partial charge in [-0.05, 0) is 42.0 Å². The number of carbonyl (C=O) groups is 1. The highest BCUT2D eigenvalue weighted by molar-refractivity contribution is 5.74. The van der Waals surface area contributed by atoms with E-state index in [0.29, 0.717) is 0 Å². The molecule has 0 saturated heterocycles. The standard InChI is InChI=1S/C18H26O/c1-3-5-6-7-11-17-13-12-16(10-8-14-19)15-18(17)9-4-2/h8,10,12-15H,3-7,9,11H2,1-2H3. The van der Waals surface area contributed by atoms with Crippen molar-refractivity contribution in [3.05, 3.63) is 41.0 Å². The van der Waals surface area contributed by atoms with Gasteiger partial charge in [-0.3, -0.25) is 4.79 Å². The molecule has 0 spiro atoms. The lowest BCUT2D eigenvalue weighted by Gasteiger charge is -2.10. The molecule has 0 saturated carbocycles. The minimum atomic E-state index is 0.832. The van der Waals surface area contributed by atoms with Crippen molar-refractivity contribution in [1.82, 2.24) is 0 Å². The number of unbranched alkanes of at least 4 members (excludes halogenated alkanes) is 3. The molecule has 0 aliphatic rings. The van der Waals surface area contributed by atoms with Gasteiger partial charge in [0.05, 0.1) is 0 Å². The molecule has 0 amide bonds. The third-order valence-corrected chi connectivity index (χ3v) is 3.42. The van der Waals surface area contributed by atoms with Crippen LogP contribution in [0.4, 0.5) is 0 Å². The summed E-state index contributed by atoms with van der Waals surface area (Å²) in [7, 11) is 0. The molecule has 0 bridgehead atoms. The Labute approximate surface area is 117 Å². The van der Waals surface area contributed by atoms with Crippen LogP contribution in [0.25, 0.3) is 6.08 Å². The van der Waals surface area contributed by atoms with Crippen LogP contribution in [0.2, 0.25) is 0 Å². The molecule has 0 atom stereocenters. The fraction of sp³-hybridized carbons (Fsp3) is 0.500. The van der Waals surface area contributed by atoms with Crippen molar-refractivity contribution in [3.63, 3.8) is 0 Å². The zero-order valence-corrected chi connectivity index (χ0v) is 12.3. The van der Waals surface area contributed by atoms with Gasteiger partial charge in [-0.25, -0.2) is 0 Å². The van der Waals surface area contributed by atoms with Crippen molar-refractivity contribution in [1.29, 1.82) is 0 Å². The van der Waals surface area contributed by atoms with Gasteiger partial charge in [0, 0.05) is 0 Å². The molecule has 19 heavy (non-hydrogen) atoms. The van der Waals surface area contributed by atoms with Crippen LogP contribution in [0.15, 0.2) is 24.3 Å². The topological polar surface area (TPSA) is 17.1 Å². The number of carbonyl (C=O) groups excluding carboxylic acids is 1. The van der Waals surface area contributed by atoms with Crippen LogP contribution in [-0.4, -0.2) is 6.29 Å². The first-order chi connectivity index (χ1) is 9.31. The van der Waals surface area contributed by atoms with Crippen LogP contribution in [0, 0.1) is 0 Å². The average molecular weight is 258 g/mol. The molecule has 0 aliphatic carbocycles. The zero-order chi connectivity index (χ0) is 13.9. The van der Waals surface area contributed by atoms with E-state index < -0.39 is 0 Å². The lowest BCUT2D eigenvalue weighted by Crippen LogP contribution is -1.95. The molecular weight excluding hydrogens is 232 g/mol. The molecule has 1 aromatic carbocycles. The first-order valence-electron chi connectivity index (χ1n) is 7.55. The van der Waals surface area contributed by atoms with Gasteiger partial charge in [-0.2, -0.15) is 0 Å². The fourth-order valence-electron chi connectivity index (χ4n) is 2.39. The first-order valence-corrected chi connectivity index (χ1v) is 7.55. The van der Waals surface area contributed by atoms with Crippen LogP contribution in [0.3, 0.4) is 0 Å². The number of rotatable bonds is 9. The molecule has 104 valence electrons. The second-order valence-corrected chi connectivity index (χ2v) is 5.08. The predicted molar refractivity (Wildman–Crippen MR) is 83.4 cm³/mol. The number of aldehydes is 1. The summed E-state index contributed by atoms with van der Waals surface area (Å²) in [6.45, 7) is 4.46. The monoisotopic (exact) mass is 258 g/mol. The number of aryl methyl sites for hydroxylation is 2. The molecule has 0 aliphatic heterocycles. The Morgan fingerprint density at radius 3 is 2.47 bits per heavy atom. The third-order valence-electron chi connectivity index (χ3n) is 3.42. The van der Waals surface area contributed by atoms with E-state index in [2.05, 4.69) is 32.0 Å². The van der Waals surface area contributed by atoms with Crippen LogP contribution in [-0.2, 0) is 17.6 Å². The number of allylic oxidation sites excluding steroid dienone is 1. The van der Waals surface area contributed by atoms with E-state index in [1.54, 1.807) is 6.08 Å². The number of hydrogen-bond donors (Lipinski definition) is 0. The Balaban J connectivity index is 2.73. The van der Waals surface area contributed by atoms with Crippen molar-refractivity contribution >= 4 is 12.4 Å². The summed E-state index contributed by atoms with van der Waals surface area (Å²) in [6, 6.07) is 6.59. The molecule has 0 fully saturated rings. The second kappa shape index (κ2) is 9.55. The molecule has 0 heterocycles. The quantitative estimate of drug-likeness (QED) is 0.347. The highest BCUT2D eigenvalue weighted by Gasteiger charge is 2.02. The highest BCUT2D eigenvalue weighted by Crippen LogP contribution is 2.18. The molecule has 0 radical (unpaired) electrons. The molecule has 0 unspecified atom stereocenters. The Morgan fingerprint density at radius 1 is 0.947 bits per heavy atom. The number of hydrogen-bond acceptors (Lipinski definition) is 1. The molecule has 1 aromatic rings. The van der Waals surface area contributed by atoms with E-state index in [9.17, 15) is 4.79 Å². The molecule has 1 rings (SSSR count). The molecule has 1 heteroatoms. The van der Waals surface area contributed by atoms with Crippen LogP contribution in [0.5, 0.6) is 0 Å². The maximum atomic E-state index is 10.4. The summed E-state index contributed by atoms with van der Waals surface area (Å²) in [5, 5.41) is 0. The smallest absolute Gasteiger partial charge is 0.142 e. The lowest BCUT2D eigenvalue weighted by atomic mass is 9.96. The molecular formula is C18H26O. The van der Waals surface area contributed by atoms with Gasteiger partial charge in [-0.1, -0.05) is 63.8 Å². The van der Waals surface area contributed by atoms with E-state index in [1.807, 2.05) is 6.08 Å². The van der Waals surface area contributed by atoms with Gasteiger partial charge in [0.2, 0.25) is 0 Å². The van der Waals surface area contributed by atoms with Gasteiger partial charge in [0.15, 0.2) is 0 Å². The second-order valence-electron chi connectivity index (χ2n) is 5.08. The van der Waals surface area contributed by atoms with E-state index in [0.717, 1.165) is 18.3 Å². The van der Waals surface area contributed by atoms with E-state index in [1.165, 1.54) is 49.7 Å². The SMILES string of the molecule is CCCCCCc1ccc(C=CC=O)cc1CCC. The summed E-state index contributed by atoms with van der Waals surface area (Å²) < 4.78 is 0. The van der Waals surface area contributed by atoms with Gasteiger partial charge >= 0.3 is 0 Å². The van der Waals surface area contributed by atoms with Gasteiger partial charge in [0.25, 0.3) is 0 Å². The minimum Gasteiger partial charge on any atom is -0.299 e. The van der Waals surface area contributed by atoms with Gasteiger partial charge in [0.1, 0.15) is 6.29 Å². The minimum absolute atomic E-state index is 0.832. The molecule has 0 N–H and O–H groups in total. The summed E-state index contributed by atoms with van der Waals surface area (Å²) in [4.78, 5) is 10.4. The highest BCUT2D eigenvalue weighted by atomic mass is 16.1. The Bertz CT molecular complexity index is 404. The zero-order valence-electron chi connectivity index (χ0n) is 12.3. The van der Waals surface area contributed by atoms with E-state index in [-0.39, 0.29) is 0 Å². The fourth-order valence-corrected chi connectivity index (χ4v) is 2.39. The Morgan fingerprint density at radius 2 is 1.79 bits per heavy atom. The van der Waals surface area contributed by atoms with Crippen LogP contribution < -0.4 is 0 Å². The third kappa shape index (κ3) is 5.87. The summed E-state index contributed by atoms with van der Waals surface area (Å²) in [6.07, 6.45) is 13.0. The average Bonchev–Trinajstić information content (AvgIpc) is 2.43. The maximum Gasteiger partial charge on any atom is 0.142 e. The number of benzene rings is 1. The van der Waals surface area contributed by atoms with Crippen molar-refractivity contribution in [2.75, 3.05) is 0 Å². The Kier molecular flexibility index (Phi) is 7.88. The maximum absolute atomic E-state index is 10.4. The van der Waals surface area contributed by atoms with Crippen molar-refractivity contribution in [2.24, 2.45) is 0 Å². The molecule has 1 nitrogen and oxygen atoms in total. The predicted octanol–water partition coefficient (Wildman–Crippen LogP) is 4.97. The largest absolute Gasteiger partial charge is 0.299 e. The summed E-state index contributed by atoms with van der Waals surface area (Å²) >= 11 is 0. The van der Waals surface area contributed by atoms with Crippen LogP contribution in [0.1, 0.15) is 62.6 Å². The first kappa shape index (κ1) is 15.7. The molecule has 0 aromatic heterocycles. The van der Waals surface area contributed by atoms with Crippen LogP contribution >= 0.6 is 0 Å². The summed E-state index contributed by atoms with van der Waals surface area (Å²) in [5.74, 6) is 0. The van der Waals surface area contributed by atoms with Crippen molar-refractivity contribution in [2.45, 2.75) is 58.8 Å². The normalized spacial score (nSPS) is 11.1. The van der Waals surface area contributed by atoms with E-state index >= 15 is 0 Å². The van der Waals surface area contributed by atoms with Crippen molar-refractivity contribution < 1.29 is 4.79 Å². The Hall–Kier alpha value is -1.37. The van der Waals surface area contributed by atoms with E-state index in [4.69, 9.17) is 0 Å². The van der Waals surface area contributed by atoms with Gasteiger partial charge in [-0.15, -0.1) is 0 Å².